The molecular weight excluding hydrogens is 146 g/mol. The van der Waals surface area contributed by atoms with Gasteiger partial charge in [0, 0.05) is 11.1 Å². The van der Waals surface area contributed by atoms with Gasteiger partial charge in [-0.25, -0.2) is 0 Å². The summed E-state index contributed by atoms with van der Waals surface area (Å²) in [6, 6.07) is 9.24. The summed E-state index contributed by atoms with van der Waals surface area (Å²) in [5, 5.41) is 0. The van der Waals surface area contributed by atoms with Gasteiger partial charge in [0.05, 0.1) is 5.69 Å². The van der Waals surface area contributed by atoms with Crippen molar-refractivity contribution >= 4 is 11.4 Å². The molecule has 0 aliphatic carbocycles. The summed E-state index contributed by atoms with van der Waals surface area (Å²) in [6.45, 7) is 6.45. The van der Waals surface area contributed by atoms with Gasteiger partial charge < -0.3 is 0 Å². The van der Waals surface area contributed by atoms with Crippen LogP contribution in [0.4, 0.5) is 5.69 Å². The first-order valence-electron chi connectivity index (χ1n) is 4.19. The quantitative estimate of drug-likeness (QED) is 0.550. The molecule has 1 aromatic carbocycles. The molecule has 0 saturated heterocycles. The van der Waals surface area contributed by atoms with E-state index in [0.717, 1.165) is 5.69 Å². The molecule has 1 heterocycles. The molecule has 1 aromatic rings. The fourth-order valence-corrected chi connectivity index (χ4v) is 1.52. The third kappa shape index (κ3) is 0.826. The Labute approximate surface area is 73.1 Å². The number of aliphatic imine (C=N–C) groups is 1. The van der Waals surface area contributed by atoms with Crippen LogP contribution in [0.2, 0.25) is 0 Å². The lowest BCUT2D eigenvalue weighted by molar-refractivity contribution is 0.732. The largest absolute Gasteiger partial charge is 0.257 e. The highest BCUT2D eigenvalue weighted by molar-refractivity contribution is 5.99. The fraction of sp³-hybridized carbons (Fsp3) is 0.364. The minimum absolute atomic E-state index is 0.0800. The Morgan fingerprint density at radius 3 is 2.83 bits per heavy atom. The van der Waals surface area contributed by atoms with E-state index in [-0.39, 0.29) is 5.41 Å². The van der Waals surface area contributed by atoms with E-state index in [1.165, 1.54) is 11.3 Å². The Bertz CT molecular complexity index is 348. The van der Waals surface area contributed by atoms with Gasteiger partial charge >= 0.3 is 0 Å². The summed E-state index contributed by atoms with van der Waals surface area (Å²) in [4.78, 5) is 4.49. The van der Waals surface area contributed by atoms with Crippen molar-refractivity contribution < 1.29 is 0 Å². The lowest BCUT2D eigenvalue weighted by atomic mass is 9.82. The molecular formula is C11H12N. The maximum Gasteiger partial charge on any atom is 0.0676 e. The molecule has 0 fully saturated rings. The van der Waals surface area contributed by atoms with Crippen LogP contribution in [-0.2, 0) is 5.41 Å². The van der Waals surface area contributed by atoms with E-state index in [2.05, 4.69) is 31.8 Å². The lowest BCUT2D eigenvalue weighted by Crippen LogP contribution is -2.22. The molecule has 1 heteroatoms. The molecule has 0 atom stereocenters. The van der Waals surface area contributed by atoms with Gasteiger partial charge in [-0.3, -0.25) is 4.99 Å². The Morgan fingerprint density at radius 2 is 2.17 bits per heavy atom. The average molecular weight is 158 g/mol. The standard InChI is InChI=1S/C11H12N/c1-8-11(2,3)9-6-4-5-7-10(9)12-8/h4-5,7H,1-3H3. The second kappa shape index (κ2) is 2.19. The van der Waals surface area contributed by atoms with Crippen molar-refractivity contribution in [1.29, 1.82) is 0 Å². The van der Waals surface area contributed by atoms with Gasteiger partial charge in [-0.15, -0.1) is 0 Å². The molecule has 1 radical (unpaired) electrons. The van der Waals surface area contributed by atoms with Gasteiger partial charge in [-0.1, -0.05) is 26.0 Å². The van der Waals surface area contributed by atoms with Crippen molar-refractivity contribution in [3.63, 3.8) is 0 Å². The third-order valence-corrected chi connectivity index (χ3v) is 2.65. The van der Waals surface area contributed by atoms with Crippen molar-refractivity contribution in [2.45, 2.75) is 26.2 Å². The minimum atomic E-state index is 0.0800. The molecule has 1 aliphatic heterocycles. The van der Waals surface area contributed by atoms with E-state index in [9.17, 15) is 0 Å². The smallest absolute Gasteiger partial charge is 0.0676 e. The SMILES string of the molecule is CC1=Nc2ccc[c]c2C1(C)C. The van der Waals surface area contributed by atoms with Crippen LogP contribution in [0.15, 0.2) is 23.2 Å². The van der Waals surface area contributed by atoms with Crippen LogP contribution in [0.1, 0.15) is 26.3 Å². The van der Waals surface area contributed by atoms with Crippen molar-refractivity contribution in [2.75, 3.05) is 0 Å². The van der Waals surface area contributed by atoms with E-state index in [1.807, 2.05) is 18.2 Å². The van der Waals surface area contributed by atoms with Crippen LogP contribution in [0.5, 0.6) is 0 Å². The van der Waals surface area contributed by atoms with Crippen molar-refractivity contribution in [3.8, 4) is 0 Å². The van der Waals surface area contributed by atoms with Gasteiger partial charge in [0.2, 0.25) is 0 Å². The molecule has 61 valence electrons. The predicted molar refractivity (Wildman–Crippen MR) is 51.1 cm³/mol. The minimum Gasteiger partial charge on any atom is -0.257 e. The summed E-state index contributed by atoms with van der Waals surface area (Å²) in [7, 11) is 0. The van der Waals surface area contributed by atoms with Gasteiger partial charge in [0.15, 0.2) is 0 Å². The first-order valence-corrected chi connectivity index (χ1v) is 4.19. The van der Waals surface area contributed by atoms with E-state index in [1.54, 1.807) is 0 Å². The molecule has 1 nitrogen and oxygen atoms in total. The fourth-order valence-electron chi connectivity index (χ4n) is 1.52. The molecule has 12 heavy (non-hydrogen) atoms. The monoisotopic (exact) mass is 158 g/mol. The molecule has 0 spiro atoms. The van der Waals surface area contributed by atoms with Crippen molar-refractivity contribution in [2.24, 2.45) is 4.99 Å². The second-order valence-electron chi connectivity index (χ2n) is 3.75. The molecule has 2 rings (SSSR count). The van der Waals surface area contributed by atoms with Crippen LogP contribution < -0.4 is 0 Å². The Hall–Kier alpha value is -1.11. The first-order chi connectivity index (χ1) is 5.62. The highest BCUT2D eigenvalue weighted by atomic mass is 14.8. The summed E-state index contributed by atoms with van der Waals surface area (Å²) in [5.41, 5.74) is 3.57. The third-order valence-electron chi connectivity index (χ3n) is 2.65. The van der Waals surface area contributed by atoms with Crippen LogP contribution in [0, 0.1) is 6.07 Å². The highest BCUT2D eigenvalue weighted by Gasteiger charge is 2.31. The number of hydrogen-bond acceptors (Lipinski definition) is 1. The number of fused-ring (bicyclic) bond motifs is 1. The maximum atomic E-state index is 4.49. The first kappa shape index (κ1) is 7.53. The Balaban J connectivity index is 2.66. The maximum absolute atomic E-state index is 4.49. The normalized spacial score (nSPS) is 18.8. The molecule has 0 saturated carbocycles. The molecule has 0 bridgehead atoms. The van der Waals surface area contributed by atoms with E-state index >= 15 is 0 Å². The van der Waals surface area contributed by atoms with Crippen LogP contribution in [-0.4, -0.2) is 5.71 Å². The number of nitrogens with zero attached hydrogens (tertiary/aromatic N) is 1. The molecule has 0 unspecified atom stereocenters. The summed E-state index contributed by atoms with van der Waals surface area (Å²) < 4.78 is 0. The number of rotatable bonds is 0. The summed E-state index contributed by atoms with van der Waals surface area (Å²) in [5.74, 6) is 0. The van der Waals surface area contributed by atoms with Gasteiger partial charge in [-0.2, -0.15) is 0 Å². The van der Waals surface area contributed by atoms with Crippen LogP contribution in [0.3, 0.4) is 0 Å². The van der Waals surface area contributed by atoms with Crippen molar-refractivity contribution in [1.82, 2.24) is 0 Å². The van der Waals surface area contributed by atoms with Crippen molar-refractivity contribution in [3.05, 3.63) is 29.8 Å². The topological polar surface area (TPSA) is 12.4 Å². The molecule has 1 aliphatic rings. The van der Waals surface area contributed by atoms with Crippen LogP contribution in [0.25, 0.3) is 0 Å². The van der Waals surface area contributed by atoms with Crippen LogP contribution >= 0.6 is 0 Å². The van der Waals surface area contributed by atoms with Gasteiger partial charge in [0.25, 0.3) is 0 Å². The van der Waals surface area contributed by atoms with E-state index < -0.39 is 0 Å². The molecule has 0 amide bonds. The average Bonchev–Trinajstić information content (AvgIpc) is 2.25. The zero-order valence-corrected chi connectivity index (χ0v) is 7.68. The number of hydrogen-bond donors (Lipinski definition) is 0. The zero-order chi connectivity index (χ0) is 8.77. The zero-order valence-electron chi connectivity index (χ0n) is 7.68. The Morgan fingerprint density at radius 1 is 1.42 bits per heavy atom. The van der Waals surface area contributed by atoms with Gasteiger partial charge in [-0.05, 0) is 24.6 Å². The van der Waals surface area contributed by atoms with E-state index in [0.29, 0.717) is 0 Å². The highest BCUT2D eigenvalue weighted by Crippen LogP contribution is 2.38. The Kier molecular flexibility index (Phi) is 1.38. The second-order valence-corrected chi connectivity index (χ2v) is 3.75. The molecule has 0 aromatic heterocycles. The molecule has 0 N–H and O–H groups in total. The summed E-state index contributed by atoms with van der Waals surface area (Å²) >= 11 is 0. The summed E-state index contributed by atoms with van der Waals surface area (Å²) in [6.07, 6.45) is 0. The van der Waals surface area contributed by atoms with E-state index in [4.69, 9.17) is 0 Å². The predicted octanol–water partition coefficient (Wildman–Crippen LogP) is 2.87. The number of benzene rings is 1. The van der Waals surface area contributed by atoms with Gasteiger partial charge in [0.1, 0.15) is 0 Å². The lowest BCUT2D eigenvalue weighted by Gasteiger charge is -2.18.